The molecular formula is C23H27NO3. The molecule has 1 N–H and O–H groups in total. The van der Waals surface area contributed by atoms with Gasteiger partial charge in [-0.05, 0) is 35.4 Å². The zero-order valence-electron chi connectivity index (χ0n) is 15.8. The first-order valence-corrected chi connectivity index (χ1v) is 9.71. The molecule has 0 spiro atoms. The number of nitrogens with one attached hydrogen (secondary N) is 1. The minimum atomic E-state index is -0.380. The molecule has 0 heterocycles. The third kappa shape index (κ3) is 5.68. The molecule has 27 heavy (non-hydrogen) atoms. The lowest BCUT2D eigenvalue weighted by molar-refractivity contribution is -0.148. The van der Waals surface area contributed by atoms with Gasteiger partial charge in [-0.1, -0.05) is 74.4 Å². The molecule has 2 atom stereocenters. The van der Waals surface area contributed by atoms with Crippen molar-refractivity contribution in [2.75, 3.05) is 6.61 Å². The second-order valence-corrected chi connectivity index (χ2v) is 7.34. The van der Waals surface area contributed by atoms with E-state index in [9.17, 15) is 9.59 Å². The molecule has 0 radical (unpaired) electrons. The Labute approximate surface area is 160 Å². The molecule has 3 rings (SSSR count). The molecule has 142 valence electrons. The van der Waals surface area contributed by atoms with Crippen molar-refractivity contribution in [3.8, 4) is 11.1 Å². The Morgan fingerprint density at radius 1 is 0.963 bits per heavy atom. The molecule has 1 saturated carbocycles. The molecule has 0 saturated heterocycles. The van der Waals surface area contributed by atoms with E-state index < -0.39 is 0 Å². The second kappa shape index (κ2) is 9.36. The molecule has 1 aliphatic rings. The summed E-state index contributed by atoms with van der Waals surface area (Å²) in [6, 6.07) is 18.1. The zero-order chi connectivity index (χ0) is 19.1. The molecule has 2 aromatic rings. The van der Waals surface area contributed by atoms with E-state index in [0.29, 0.717) is 5.92 Å². The molecule has 0 unspecified atom stereocenters. The van der Waals surface area contributed by atoms with E-state index in [2.05, 4.69) is 24.4 Å². The third-order valence-electron chi connectivity index (χ3n) is 5.23. The summed E-state index contributed by atoms with van der Waals surface area (Å²) in [5.74, 6) is -0.0997. The lowest BCUT2D eigenvalue weighted by Crippen LogP contribution is -2.42. The summed E-state index contributed by atoms with van der Waals surface area (Å²) >= 11 is 0. The van der Waals surface area contributed by atoms with Gasteiger partial charge >= 0.3 is 5.97 Å². The zero-order valence-corrected chi connectivity index (χ0v) is 15.8. The van der Waals surface area contributed by atoms with Gasteiger partial charge in [0, 0.05) is 6.04 Å². The summed E-state index contributed by atoms with van der Waals surface area (Å²) in [5.41, 5.74) is 3.12. The molecule has 0 aliphatic heterocycles. The molecule has 1 amide bonds. The summed E-state index contributed by atoms with van der Waals surface area (Å²) in [4.78, 5) is 24.1. The SMILES string of the molecule is C[C@@H]1CCCC[C@H]1NC(=O)COC(=O)Cc1ccc(-c2ccccc2)cc1. The van der Waals surface area contributed by atoms with Gasteiger partial charge in [0.1, 0.15) is 0 Å². The predicted octanol–water partition coefficient (Wildman–Crippen LogP) is 4.13. The fourth-order valence-corrected chi connectivity index (χ4v) is 3.59. The van der Waals surface area contributed by atoms with Crippen LogP contribution in [0.2, 0.25) is 0 Å². The molecule has 4 nitrogen and oxygen atoms in total. The fourth-order valence-electron chi connectivity index (χ4n) is 3.59. The van der Waals surface area contributed by atoms with E-state index in [1.165, 1.54) is 6.42 Å². The Morgan fingerprint density at radius 3 is 2.33 bits per heavy atom. The van der Waals surface area contributed by atoms with Gasteiger partial charge in [-0.25, -0.2) is 0 Å². The monoisotopic (exact) mass is 365 g/mol. The maximum Gasteiger partial charge on any atom is 0.310 e. The quantitative estimate of drug-likeness (QED) is 0.783. The van der Waals surface area contributed by atoms with Gasteiger partial charge < -0.3 is 10.1 Å². The van der Waals surface area contributed by atoms with Crippen molar-refractivity contribution in [2.24, 2.45) is 5.92 Å². The number of benzene rings is 2. The summed E-state index contributed by atoms with van der Waals surface area (Å²) in [7, 11) is 0. The van der Waals surface area contributed by atoms with E-state index in [1.807, 2.05) is 42.5 Å². The lowest BCUT2D eigenvalue weighted by atomic mass is 9.86. The highest BCUT2D eigenvalue weighted by Crippen LogP contribution is 2.23. The van der Waals surface area contributed by atoms with Gasteiger partial charge in [0.2, 0.25) is 0 Å². The van der Waals surface area contributed by atoms with Crippen LogP contribution in [0.1, 0.15) is 38.2 Å². The van der Waals surface area contributed by atoms with Crippen molar-refractivity contribution in [3.63, 3.8) is 0 Å². The predicted molar refractivity (Wildman–Crippen MR) is 106 cm³/mol. The van der Waals surface area contributed by atoms with E-state index in [-0.39, 0.29) is 30.9 Å². The highest BCUT2D eigenvalue weighted by molar-refractivity contribution is 5.81. The van der Waals surface area contributed by atoms with Crippen molar-refractivity contribution in [3.05, 3.63) is 60.2 Å². The van der Waals surface area contributed by atoms with Crippen molar-refractivity contribution in [1.29, 1.82) is 0 Å². The third-order valence-corrected chi connectivity index (χ3v) is 5.23. The Kier molecular flexibility index (Phi) is 6.64. The highest BCUT2D eigenvalue weighted by atomic mass is 16.5. The first kappa shape index (κ1) is 19.2. The Balaban J connectivity index is 1.44. The Hall–Kier alpha value is -2.62. The van der Waals surface area contributed by atoms with Crippen molar-refractivity contribution in [2.45, 2.75) is 45.1 Å². The number of amides is 1. The molecule has 4 heteroatoms. The van der Waals surface area contributed by atoms with Crippen molar-refractivity contribution >= 4 is 11.9 Å². The molecule has 2 aromatic carbocycles. The number of hydrogen-bond acceptors (Lipinski definition) is 3. The number of ether oxygens (including phenoxy) is 1. The summed E-state index contributed by atoms with van der Waals surface area (Å²) in [5, 5.41) is 3.00. The number of hydrogen-bond donors (Lipinski definition) is 1. The second-order valence-electron chi connectivity index (χ2n) is 7.34. The molecule has 0 bridgehead atoms. The van der Waals surface area contributed by atoms with E-state index in [4.69, 9.17) is 4.74 Å². The number of carbonyl (C=O) groups is 2. The van der Waals surface area contributed by atoms with Crippen LogP contribution in [-0.2, 0) is 20.7 Å². The van der Waals surface area contributed by atoms with Gasteiger partial charge in [0.15, 0.2) is 6.61 Å². The maximum atomic E-state index is 12.0. The average molecular weight is 365 g/mol. The minimum absolute atomic E-state index is 0.169. The summed E-state index contributed by atoms with van der Waals surface area (Å²) in [6.07, 6.45) is 4.69. The van der Waals surface area contributed by atoms with Crippen LogP contribution in [0.5, 0.6) is 0 Å². The molecule has 1 fully saturated rings. The van der Waals surface area contributed by atoms with Crippen LogP contribution in [0.4, 0.5) is 0 Å². The van der Waals surface area contributed by atoms with Gasteiger partial charge in [0.05, 0.1) is 6.42 Å². The van der Waals surface area contributed by atoms with Gasteiger partial charge in [-0.3, -0.25) is 9.59 Å². The average Bonchev–Trinajstić information content (AvgIpc) is 2.69. The summed E-state index contributed by atoms with van der Waals surface area (Å²) in [6.45, 7) is 1.96. The summed E-state index contributed by atoms with van der Waals surface area (Å²) < 4.78 is 5.15. The topological polar surface area (TPSA) is 55.4 Å². The standard InChI is InChI=1S/C23H27NO3/c1-17-7-5-6-10-21(17)24-22(25)16-27-23(26)15-18-11-13-20(14-12-18)19-8-3-2-4-9-19/h2-4,8-9,11-14,17,21H,5-7,10,15-16H2,1H3,(H,24,25)/t17-,21-/m1/s1. The van der Waals surface area contributed by atoms with Crippen molar-refractivity contribution in [1.82, 2.24) is 5.32 Å². The Bertz CT molecular complexity index is 755. The van der Waals surface area contributed by atoms with Crippen LogP contribution in [0.3, 0.4) is 0 Å². The number of carbonyl (C=O) groups excluding carboxylic acids is 2. The lowest BCUT2D eigenvalue weighted by Gasteiger charge is -2.29. The molecule has 0 aromatic heterocycles. The maximum absolute atomic E-state index is 12.0. The minimum Gasteiger partial charge on any atom is -0.455 e. The van der Waals surface area contributed by atoms with Gasteiger partial charge in [-0.15, -0.1) is 0 Å². The molecule has 1 aliphatic carbocycles. The largest absolute Gasteiger partial charge is 0.455 e. The molecular weight excluding hydrogens is 338 g/mol. The van der Waals surface area contributed by atoms with Gasteiger partial charge in [-0.2, -0.15) is 0 Å². The normalized spacial score (nSPS) is 19.3. The van der Waals surface area contributed by atoms with Crippen LogP contribution in [0, 0.1) is 5.92 Å². The van der Waals surface area contributed by atoms with Crippen molar-refractivity contribution < 1.29 is 14.3 Å². The van der Waals surface area contributed by atoms with Crippen LogP contribution >= 0.6 is 0 Å². The Morgan fingerprint density at radius 2 is 1.63 bits per heavy atom. The van der Waals surface area contributed by atoms with E-state index >= 15 is 0 Å². The van der Waals surface area contributed by atoms with Crippen LogP contribution in [0.15, 0.2) is 54.6 Å². The van der Waals surface area contributed by atoms with Gasteiger partial charge in [0.25, 0.3) is 5.91 Å². The van der Waals surface area contributed by atoms with Crippen LogP contribution in [0.25, 0.3) is 11.1 Å². The highest BCUT2D eigenvalue weighted by Gasteiger charge is 2.23. The smallest absolute Gasteiger partial charge is 0.310 e. The van der Waals surface area contributed by atoms with E-state index in [0.717, 1.165) is 36.0 Å². The van der Waals surface area contributed by atoms with Crippen LogP contribution < -0.4 is 5.32 Å². The van der Waals surface area contributed by atoms with E-state index in [1.54, 1.807) is 0 Å². The first-order valence-electron chi connectivity index (χ1n) is 9.71. The van der Waals surface area contributed by atoms with Crippen LogP contribution in [-0.4, -0.2) is 24.5 Å². The fraction of sp³-hybridized carbons (Fsp3) is 0.391. The number of esters is 1. The number of rotatable bonds is 6. The first-order chi connectivity index (χ1) is 13.1.